The lowest BCUT2D eigenvalue weighted by atomic mass is 10.0. The Morgan fingerprint density at radius 3 is 2.64 bits per heavy atom. The van der Waals surface area contributed by atoms with Gasteiger partial charge in [-0.3, -0.25) is 4.79 Å². The van der Waals surface area contributed by atoms with Crippen LogP contribution in [-0.4, -0.2) is 39.6 Å². The molecule has 1 atom stereocenters. The van der Waals surface area contributed by atoms with E-state index in [0.717, 1.165) is 41.7 Å². The molecule has 0 fully saturated rings. The Hall–Kier alpha value is -2.02. The van der Waals surface area contributed by atoms with Gasteiger partial charge in [0, 0.05) is 12.6 Å². The fraction of sp³-hybridized carbons (Fsp3) is 0.571. The van der Waals surface area contributed by atoms with Crippen LogP contribution >= 0.6 is 11.8 Å². The molecule has 1 unspecified atom stereocenters. The SMILES string of the molecule is CCn1c(SCC(=O)NC(C)CCCC(C)C)nnc1-c1ccccc1OC. The zero-order valence-electron chi connectivity index (χ0n) is 17.6. The molecule has 0 spiro atoms. The lowest BCUT2D eigenvalue weighted by Gasteiger charge is -2.14. The summed E-state index contributed by atoms with van der Waals surface area (Å²) in [5.41, 5.74) is 0.898. The van der Waals surface area contributed by atoms with Gasteiger partial charge in [-0.15, -0.1) is 10.2 Å². The second-order valence-electron chi connectivity index (χ2n) is 7.33. The van der Waals surface area contributed by atoms with Crippen molar-refractivity contribution < 1.29 is 9.53 Å². The molecule has 0 radical (unpaired) electrons. The van der Waals surface area contributed by atoms with E-state index in [0.29, 0.717) is 11.7 Å². The molecule has 1 aromatic carbocycles. The molecule has 1 aromatic heterocycles. The second-order valence-corrected chi connectivity index (χ2v) is 8.28. The average Bonchev–Trinajstić information content (AvgIpc) is 3.08. The Kier molecular flexibility index (Phi) is 8.83. The number of benzene rings is 1. The van der Waals surface area contributed by atoms with Crippen molar-refractivity contribution in [3.8, 4) is 17.1 Å². The summed E-state index contributed by atoms with van der Waals surface area (Å²) in [4.78, 5) is 12.3. The maximum atomic E-state index is 12.3. The van der Waals surface area contributed by atoms with Gasteiger partial charge in [0.05, 0.1) is 18.4 Å². The maximum absolute atomic E-state index is 12.3. The number of methoxy groups -OCH3 is 1. The van der Waals surface area contributed by atoms with Crippen molar-refractivity contribution >= 4 is 17.7 Å². The summed E-state index contributed by atoms with van der Waals surface area (Å²) < 4.78 is 7.46. The van der Waals surface area contributed by atoms with Gasteiger partial charge in [0.1, 0.15) is 5.75 Å². The van der Waals surface area contributed by atoms with Crippen LogP contribution in [0.1, 0.15) is 47.0 Å². The molecule has 1 amide bonds. The van der Waals surface area contributed by atoms with Gasteiger partial charge < -0.3 is 14.6 Å². The topological polar surface area (TPSA) is 69.0 Å². The summed E-state index contributed by atoms with van der Waals surface area (Å²) in [5.74, 6) is 2.58. The molecule has 2 aromatic rings. The maximum Gasteiger partial charge on any atom is 0.230 e. The lowest BCUT2D eigenvalue weighted by molar-refractivity contribution is -0.119. The minimum Gasteiger partial charge on any atom is -0.496 e. The Morgan fingerprint density at radius 2 is 1.96 bits per heavy atom. The van der Waals surface area contributed by atoms with E-state index in [-0.39, 0.29) is 11.9 Å². The van der Waals surface area contributed by atoms with Gasteiger partial charge in [0.25, 0.3) is 0 Å². The van der Waals surface area contributed by atoms with Gasteiger partial charge in [0.15, 0.2) is 11.0 Å². The van der Waals surface area contributed by atoms with Crippen LogP contribution in [0.15, 0.2) is 29.4 Å². The van der Waals surface area contributed by atoms with Crippen molar-refractivity contribution in [2.24, 2.45) is 5.92 Å². The zero-order valence-corrected chi connectivity index (χ0v) is 18.4. The number of nitrogens with zero attached hydrogens (tertiary/aromatic N) is 3. The number of rotatable bonds is 11. The third-order valence-electron chi connectivity index (χ3n) is 4.54. The van der Waals surface area contributed by atoms with E-state index >= 15 is 0 Å². The smallest absolute Gasteiger partial charge is 0.230 e. The largest absolute Gasteiger partial charge is 0.496 e. The number of aromatic nitrogens is 3. The van der Waals surface area contributed by atoms with Crippen LogP contribution in [0.3, 0.4) is 0 Å². The highest BCUT2D eigenvalue weighted by Gasteiger charge is 2.17. The van der Waals surface area contributed by atoms with Crippen molar-refractivity contribution in [3.05, 3.63) is 24.3 Å². The Bertz CT molecular complexity index is 761. The Labute approximate surface area is 172 Å². The molecule has 0 aliphatic heterocycles. The number of thioether (sulfide) groups is 1. The Morgan fingerprint density at radius 1 is 1.21 bits per heavy atom. The molecule has 2 rings (SSSR count). The van der Waals surface area contributed by atoms with E-state index in [9.17, 15) is 4.79 Å². The summed E-state index contributed by atoms with van der Waals surface area (Å²) in [7, 11) is 1.65. The van der Waals surface area contributed by atoms with Gasteiger partial charge in [-0.2, -0.15) is 0 Å². The molecule has 1 N–H and O–H groups in total. The number of nitrogens with one attached hydrogen (secondary N) is 1. The summed E-state index contributed by atoms with van der Waals surface area (Å²) in [6.45, 7) is 9.28. The van der Waals surface area contributed by atoms with Gasteiger partial charge in [-0.05, 0) is 38.3 Å². The van der Waals surface area contributed by atoms with E-state index in [1.807, 2.05) is 35.8 Å². The molecule has 7 heteroatoms. The minimum atomic E-state index is 0.0338. The Balaban J connectivity index is 1.96. The van der Waals surface area contributed by atoms with Gasteiger partial charge in [-0.25, -0.2) is 0 Å². The molecule has 0 aliphatic carbocycles. The third-order valence-corrected chi connectivity index (χ3v) is 5.51. The molecule has 28 heavy (non-hydrogen) atoms. The summed E-state index contributed by atoms with van der Waals surface area (Å²) in [5, 5.41) is 12.5. The minimum absolute atomic E-state index is 0.0338. The molecule has 0 saturated carbocycles. The van der Waals surface area contributed by atoms with E-state index < -0.39 is 0 Å². The first-order valence-electron chi connectivity index (χ1n) is 9.95. The zero-order chi connectivity index (χ0) is 20.5. The van der Waals surface area contributed by atoms with E-state index in [4.69, 9.17) is 4.74 Å². The summed E-state index contributed by atoms with van der Waals surface area (Å²) in [6.07, 6.45) is 3.34. The highest BCUT2D eigenvalue weighted by atomic mass is 32.2. The quantitative estimate of drug-likeness (QED) is 0.562. The lowest BCUT2D eigenvalue weighted by Crippen LogP contribution is -2.33. The second kappa shape index (κ2) is 11.1. The summed E-state index contributed by atoms with van der Waals surface area (Å²) in [6, 6.07) is 7.95. The van der Waals surface area contributed by atoms with Crippen molar-refractivity contribution in [2.45, 2.75) is 64.7 Å². The molecular weight excluding hydrogens is 372 g/mol. The van der Waals surface area contributed by atoms with E-state index in [2.05, 4.69) is 36.3 Å². The van der Waals surface area contributed by atoms with Crippen molar-refractivity contribution in [1.82, 2.24) is 20.1 Å². The van der Waals surface area contributed by atoms with Crippen LogP contribution in [0, 0.1) is 5.92 Å². The third kappa shape index (κ3) is 6.26. The van der Waals surface area contributed by atoms with Gasteiger partial charge in [-0.1, -0.05) is 50.6 Å². The van der Waals surface area contributed by atoms with Crippen molar-refractivity contribution in [3.63, 3.8) is 0 Å². The van der Waals surface area contributed by atoms with Crippen LogP contribution in [0.4, 0.5) is 0 Å². The number of carbonyl (C=O) groups excluding carboxylic acids is 1. The van der Waals surface area contributed by atoms with Crippen molar-refractivity contribution in [1.29, 1.82) is 0 Å². The first kappa shape index (κ1) is 22.3. The molecule has 0 bridgehead atoms. The van der Waals surface area contributed by atoms with Crippen LogP contribution in [0.5, 0.6) is 5.75 Å². The molecule has 1 heterocycles. The standard InChI is InChI=1S/C21H32N4O2S/c1-6-25-20(17-12-7-8-13-18(17)27-5)23-24-21(25)28-14-19(26)22-16(4)11-9-10-15(2)3/h7-8,12-13,15-16H,6,9-11,14H2,1-5H3,(H,22,26). The molecule has 6 nitrogen and oxygen atoms in total. The first-order valence-corrected chi connectivity index (χ1v) is 10.9. The molecule has 0 aliphatic rings. The van der Waals surface area contributed by atoms with Crippen LogP contribution in [0.25, 0.3) is 11.4 Å². The normalized spacial score (nSPS) is 12.2. The predicted molar refractivity (Wildman–Crippen MR) is 115 cm³/mol. The predicted octanol–water partition coefficient (Wildman–Crippen LogP) is 4.40. The number of hydrogen-bond donors (Lipinski definition) is 1. The molecule has 154 valence electrons. The average molecular weight is 405 g/mol. The first-order chi connectivity index (χ1) is 13.5. The number of carbonyl (C=O) groups is 1. The molecule has 0 saturated heterocycles. The highest BCUT2D eigenvalue weighted by molar-refractivity contribution is 7.99. The highest BCUT2D eigenvalue weighted by Crippen LogP contribution is 2.30. The number of amides is 1. The summed E-state index contributed by atoms with van der Waals surface area (Å²) >= 11 is 1.42. The monoisotopic (exact) mass is 404 g/mol. The fourth-order valence-electron chi connectivity index (χ4n) is 3.06. The van der Waals surface area contributed by atoms with Crippen molar-refractivity contribution in [2.75, 3.05) is 12.9 Å². The number of para-hydroxylation sites is 1. The van der Waals surface area contributed by atoms with Crippen LogP contribution < -0.4 is 10.1 Å². The van der Waals surface area contributed by atoms with Gasteiger partial charge >= 0.3 is 0 Å². The number of ether oxygens (including phenoxy) is 1. The van der Waals surface area contributed by atoms with Crippen LogP contribution in [0.2, 0.25) is 0 Å². The molecular formula is C21H32N4O2S. The van der Waals surface area contributed by atoms with E-state index in [1.54, 1.807) is 7.11 Å². The fourth-order valence-corrected chi connectivity index (χ4v) is 3.87. The van der Waals surface area contributed by atoms with Gasteiger partial charge in [0.2, 0.25) is 5.91 Å². The number of hydrogen-bond acceptors (Lipinski definition) is 5. The van der Waals surface area contributed by atoms with E-state index in [1.165, 1.54) is 18.2 Å². The van der Waals surface area contributed by atoms with Crippen LogP contribution in [-0.2, 0) is 11.3 Å².